The molecule has 0 unspecified atom stereocenters. The van der Waals surface area contributed by atoms with Crippen molar-refractivity contribution in [2.75, 3.05) is 12.4 Å². The van der Waals surface area contributed by atoms with Crippen molar-refractivity contribution in [1.29, 1.82) is 0 Å². The quantitative estimate of drug-likeness (QED) is 0.760. The van der Waals surface area contributed by atoms with Crippen LogP contribution in [0.1, 0.15) is 5.56 Å². The minimum atomic E-state index is -4.61. The lowest BCUT2D eigenvalue weighted by Gasteiger charge is -2.09. The molecule has 0 spiro atoms. The van der Waals surface area contributed by atoms with Crippen molar-refractivity contribution < 1.29 is 17.6 Å². The molecule has 0 aliphatic carbocycles. The molecule has 2 N–H and O–H groups in total. The maximum absolute atomic E-state index is 13.0. The zero-order valence-electron chi connectivity index (χ0n) is 11.2. The van der Waals surface area contributed by atoms with Gasteiger partial charge in [-0.3, -0.25) is 9.97 Å². The van der Waals surface area contributed by atoms with Gasteiger partial charge in [0, 0.05) is 12.6 Å². The number of alkyl halides is 3. The number of aromatic amines is 1. The van der Waals surface area contributed by atoms with Crippen LogP contribution in [0.5, 0.6) is 0 Å². The van der Waals surface area contributed by atoms with Crippen molar-refractivity contribution in [3.8, 4) is 11.3 Å². The minimum Gasteiger partial charge on any atom is -0.407 e. The molecule has 22 heavy (non-hydrogen) atoms. The molecule has 0 atom stereocenters. The number of anilines is 1. The van der Waals surface area contributed by atoms with Gasteiger partial charge >= 0.3 is 11.9 Å². The van der Waals surface area contributed by atoms with Gasteiger partial charge in [-0.15, -0.1) is 0 Å². The molecule has 0 aliphatic rings. The summed E-state index contributed by atoms with van der Waals surface area (Å²) in [5.41, 5.74) is -1.05. The molecule has 2 heterocycles. The van der Waals surface area contributed by atoms with Crippen molar-refractivity contribution >= 4 is 16.9 Å². The van der Waals surface area contributed by atoms with E-state index in [4.69, 9.17) is 4.42 Å². The third kappa shape index (κ3) is 2.30. The standard InChI is InChI=1S/C13H9F3N4O2/c1-17-9-5-18-8(4-19-9)6-2-3-7(13(14,15)16)10-11(6)22-12(21)20-10/h2-5H,1H3,(H,17,19)(H,20,21). The summed E-state index contributed by atoms with van der Waals surface area (Å²) in [6.45, 7) is 0. The van der Waals surface area contributed by atoms with E-state index in [9.17, 15) is 18.0 Å². The molecular weight excluding hydrogens is 301 g/mol. The van der Waals surface area contributed by atoms with Crippen LogP contribution in [-0.2, 0) is 6.18 Å². The van der Waals surface area contributed by atoms with Gasteiger partial charge in [-0.1, -0.05) is 0 Å². The number of fused-ring (bicyclic) bond motifs is 1. The molecule has 0 saturated carbocycles. The predicted molar refractivity (Wildman–Crippen MR) is 72.4 cm³/mol. The third-order valence-electron chi connectivity index (χ3n) is 3.07. The van der Waals surface area contributed by atoms with Crippen molar-refractivity contribution in [1.82, 2.24) is 15.0 Å². The largest absolute Gasteiger partial charge is 0.418 e. The van der Waals surface area contributed by atoms with E-state index in [-0.39, 0.29) is 11.1 Å². The summed E-state index contributed by atoms with van der Waals surface area (Å²) in [7, 11) is 1.66. The van der Waals surface area contributed by atoms with Crippen LogP contribution in [0.2, 0.25) is 0 Å². The molecular formula is C13H9F3N4O2. The number of nitrogens with one attached hydrogen (secondary N) is 2. The lowest BCUT2D eigenvalue weighted by Crippen LogP contribution is -2.06. The average molecular weight is 310 g/mol. The predicted octanol–water partition coefficient (Wildman–Crippen LogP) is 2.64. The molecule has 1 aromatic carbocycles. The number of aromatic nitrogens is 3. The summed E-state index contributed by atoms with van der Waals surface area (Å²) in [5.74, 6) is -0.463. The molecule has 0 radical (unpaired) electrons. The van der Waals surface area contributed by atoms with E-state index in [1.807, 2.05) is 0 Å². The Morgan fingerprint density at radius 1 is 1.23 bits per heavy atom. The summed E-state index contributed by atoms with van der Waals surface area (Å²) >= 11 is 0. The highest BCUT2D eigenvalue weighted by Gasteiger charge is 2.34. The normalized spacial score (nSPS) is 11.8. The first-order valence-corrected chi connectivity index (χ1v) is 6.13. The Hall–Kier alpha value is -2.84. The first-order valence-electron chi connectivity index (χ1n) is 6.13. The van der Waals surface area contributed by atoms with Gasteiger partial charge in [0.05, 0.1) is 23.7 Å². The number of nitrogens with zero attached hydrogens (tertiary/aromatic N) is 2. The summed E-state index contributed by atoms with van der Waals surface area (Å²) in [4.78, 5) is 21.5. The van der Waals surface area contributed by atoms with E-state index in [0.717, 1.165) is 6.07 Å². The van der Waals surface area contributed by atoms with E-state index in [1.165, 1.54) is 18.5 Å². The number of hydrogen-bond acceptors (Lipinski definition) is 5. The number of H-pyrrole nitrogens is 1. The Balaban J connectivity index is 2.25. The maximum Gasteiger partial charge on any atom is 0.418 e. The summed E-state index contributed by atoms with van der Waals surface area (Å²) in [6, 6.07) is 2.07. The summed E-state index contributed by atoms with van der Waals surface area (Å²) < 4.78 is 43.7. The highest BCUT2D eigenvalue weighted by atomic mass is 19.4. The third-order valence-corrected chi connectivity index (χ3v) is 3.07. The SMILES string of the molecule is CNc1cnc(-c2ccc(C(F)(F)F)c3[nH]c(=O)oc23)cn1. The number of benzene rings is 1. The van der Waals surface area contributed by atoms with E-state index in [0.29, 0.717) is 11.5 Å². The molecule has 0 amide bonds. The van der Waals surface area contributed by atoms with Gasteiger partial charge in [0.2, 0.25) is 0 Å². The fraction of sp³-hybridized carbons (Fsp3) is 0.154. The summed E-state index contributed by atoms with van der Waals surface area (Å²) in [6.07, 6.45) is -1.81. The van der Waals surface area contributed by atoms with Gasteiger partial charge < -0.3 is 9.73 Å². The second kappa shape index (κ2) is 4.86. The van der Waals surface area contributed by atoms with Crippen molar-refractivity contribution in [2.45, 2.75) is 6.18 Å². The number of hydrogen-bond donors (Lipinski definition) is 2. The molecule has 6 nitrogen and oxygen atoms in total. The summed E-state index contributed by atoms with van der Waals surface area (Å²) in [5, 5.41) is 2.77. The van der Waals surface area contributed by atoms with Crippen LogP contribution >= 0.6 is 0 Å². The van der Waals surface area contributed by atoms with Crippen molar-refractivity contribution in [2.24, 2.45) is 0 Å². The molecule has 9 heteroatoms. The molecule has 0 fully saturated rings. The van der Waals surface area contributed by atoms with Crippen LogP contribution in [0, 0.1) is 0 Å². The van der Waals surface area contributed by atoms with Crippen LogP contribution in [0.25, 0.3) is 22.4 Å². The minimum absolute atomic E-state index is 0.202. The molecule has 2 aromatic heterocycles. The number of halogens is 3. The van der Waals surface area contributed by atoms with E-state index in [2.05, 4.69) is 20.3 Å². The van der Waals surface area contributed by atoms with Gasteiger partial charge in [-0.05, 0) is 12.1 Å². The van der Waals surface area contributed by atoms with Gasteiger partial charge in [0.15, 0.2) is 5.58 Å². The molecule has 0 bridgehead atoms. The van der Waals surface area contributed by atoms with Gasteiger partial charge in [0.25, 0.3) is 0 Å². The van der Waals surface area contributed by atoms with Gasteiger partial charge in [-0.25, -0.2) is 9.78 Å². The average Bonchev–Trinajstić information content (AvgIpc) is 2.86. The zero-order valence-corrected chi connectivity index (χ0v) is 11.2. The van der Waals surface area contributed by atoms with Crippen LogP contribution in [0.4, 0.5) is 19.0 Å². The second-order valence-corrected chi connectivity index (χ2v) is 4.41. The first kappa shape index (κ1) is 14.1. The lowest BCUT2D eigenvalue weighted by atomic mass is 10.1. The Kier molecular flexibility index (Phi) is 3.12. The van der Waals surface area contributed by atoms with Gasteiger partial charge in [0.1, 0.15) is 11.3 Å². The Bertz CT molecular complexity index is 881. The molecule has 0 saturated heterocycles. The Morgan fingerprint density at radius 2 is 2.00 bits per heavy atom. The topological polar surface area (TPSA) is 83.8 Å². The second-order valence-electron chi connectivity index (χ2n) is 4.41. The number of oxazole rings is 1. The van der Waals surface area contributed by atoms with Crippen molar-refractivity contribution in [3.05, 3.63) is 40.6 Å². The fourth-order valence-corrected chi connectivity index (χ4v) is 2.07. The van der Waals surface area contributed by atoms with Crippen LogP contribution in [0.3, 0.4) is 0 Å². The molecule has 3 aromatic rings. The van der Waals surface area contributed by atoms with Crippen LogP contribution < -0.4 is 11.1 Å². The highest BCUT2D eigenvalue weighted by Crippen LogP contribution is 2.37. The number of rotatable bonds is 2. The molecule has 3 rings (SSSR count). The fourth-order valence-electron chi connectivity index (χ4n) is 2.07. The lowest BCUT2D eigenvalue weighted by molar-refractivity contribution is -0.136. The first-order chi connectivity index (χ1) is 10.4. The maximum atomic E-state index is 13.0. The van der Waals surface area contributed by atoms with Crippen LogP contribution in [0.15, 0.2) is 33.7 Å². The van der Waals surface area contributed by atoms with Crippen LogP contribution in [-0.4, -0.2) is 22.0 Å². The molecule has 114 valence electrons. The zero-order chi connectivity index (χ0) is 15.9. The Labute approximate surface area is 121 Å². The smallest absolute Gasteiger partial charge is 0.407 e. The highest BCUT2D eigenvalue weighted by molar-refractivity contribution is 5.91. The Morgan fingerprint density at radius 3 is 2.59 bits per heavy atom. The monoisotopic (exact) mass is 310 g/mol. The van der Waals surface area contributed by atoms with Gasteiger partial charge in [-0.2, -0.15) is 13.2 Å². The van der Waals surface area contributed by atoms with E-state index >= 15 is 0 Å². The van der Waals surface area contributed by atoms with E-state index in [1.54, 1.807) is 7.05 Å². The molecule has 0 aliphatic heterocycles. The van der Waals surface area contributed by atoms with E-state index < -0.39 is 23.0 Å². The van der Waals surface area contributed by atoms with Crippen molar-refractivity contribution in [3.63, 3.8) is 0 Å².